The molecule has 22 heteroatoms. The number of rotatable bonds is 8. The first-order valence-electron chi connectivity index (χ1n) is 15.2. The van der Waals surface area contributed by atoms with Gasteiger partial charge >= 0.3 is 33.9 Å². The van der Waals surface area contributed by atoms with Crippen molar-refractivity contribution >= 4 is 188 Å². The standard InChI is InChI=1S/C31H29N3P2.4CHCl3.3CO.BrH.Mn/c1-33(35(26-16-7-3-8-17-26)27-18-9-4-10-19-27)30-24-15-25-31(32-30)34(2)36(28-20-11-5-12-21-28)29-22-13-6-14-23-29;4*2-1(3)4;3*1-2;;/h3-25H,1-2H3;4*1H;;;;1H;/p-1. The van der Waals surface area contributed by atoms with E-state index in [4.69, 9.17) is 158 Å². The van der Waals surface area contributed by atoms with Crippen LogP contribution in [0, 0.1) is 20.0 Å². The molecule has 4 aromatic carbocycles. The van der Waals surface area contributed by atoms with Crippen molar-refractivity contribution in [1.29, 1.82) is 0 Å². The normalized spacial score (nSPS) is 9.10. The number of benzene rings is 4. The van der Waals surface area contributed by atoms with Gasteiger partial charge in [0.2, 0.25) is 0 Å². The maximum Gasteiger partial charge on any atom is 0 e. The fraction of sp³-hybridized carbons (Fsp3) is 0.158. The maximum atomic E-state index is 7.50. The zero-order valence-electron chi connectivity index (χ0n) is 30.8. The van der Waals surface area contributed by atoms with E-state index in [-0.39, 0.29) is 34.1 Å². The SMILES string of the molecule is CN(c1cccc(N(C)P(c2ccccc2)c2ccccc2)n1)P(c1ccccc1)c1ccccc1.ClC(Cl)Cl.ClC(Cl)Cl.ClC(Cl)Cl.ClC(Cl)Cl.[Br-].[C-]#[O+].[C-]#[O+].[C-]#[O+].[Mn]. The molecule has 60 heavy (non-hydrogen) atoms. The second-order valence-electron chi connectivity index (χ2n) is 9.36. The second-order valence-corrected chi connectivity index (χ2v) is 21.8. The smallest absolute Gasteiger partial charge is 0 e. The van der Waals surface area contributed by atoms with Gasteiger partial charge in [-0.25, -0.2) is 4.98 Å². The van der Waals surface area contributed by atoms with Crippen LogP contribution in [0.15, 0.2) is 140 Å². The van der Waals surface area contributed by atoms with Crippen LogP contribution in [0.2, 0.25) is 0 Å². The van der Waals surface area contributed by atoms with Crippen molar-refractivity contribution in [3.8, 4) is 0 Å². The van der Waals surface area contributed by atoms with Crippen LogP contribution >= 0.6 is 155 Å². The van der Waals surface area contributed by atoms with Crippen molar-refractivity contribution in [2.75, 3.05) is 23.4 Å². The van der Waals surface area contributed by atoms with Crippen LogP contribution < -0.4 is 47.5 Å². The number of hydrogen-bond donors (Lipinski definition) is 0. The van der Waals surface area contributed by atoms with Gasteiger partial charge in [-0.15, -0.1) is 0 Å². The van der Waals surface area contributed by atoms with Crippen molar-refractivity contribution in [3.05, 3.63) is 159 Å². The van der Waals surface area contributed by atoms with Gasteiger partial charge in [0.15, 0.2) is 17.2 Å². The van der Waals surface area contributed by atoms with Crippen molar-refractivity contribution < 1.29 is 48.0 Å². The predicted molar refractivity (Wildman–Crippen MR) is 256 cm³/mol. The molecule has 0 saturated heterocycles. The molecule has 0 aliphatic carbocycles. The molecule has 0 aliphatic rings. The number of hydrogen-bond acceptors (Lipinski definition) is 3. The Morgan fingerprint density at radius 3 is 0.717 bits per heavy atom. The van der Waals surface area contributed by atoms with E-state index in [0.717, 1.165) is 11.6 Å². The molecule has 5 aromatic rings. The summed E-state index contributed by atoms with van der Waals surface area (Å²) in [6, 6.07) is 49.3. The van der Waals surface area contributed by atoms with E-state index in [0.29, 0.717) is 0 Å². The van der Waals surface area contributed by atoms with Crippen LogP contribution in [0.25, 0.3) is 0 Å². The summed E-state index contributed by atoms with van der Waals surface area (Å²) in [5.41, 5.74) is 0. The van der Waals surface area contributed by atoms with Gasteiger partial charge in [0.05, 0.1) is 16.1 Å². The van der Waals surface area contributed by atoms with Crippen LogP contribution in [0.1, 0.15) is 0 Å². The second kappa shape index (κ2) is 45.7. The first-order valence-corrected chi connectivity index (χ1v) is 23.0. The summed E-state index contributed by atoms with van der Waals surface area (Å²) >= 11 is 57.7. The summed E-state index contributed by atoms with van der Waals surface area (Å²) in [5.74, 6) is 1.93. The molecule has 0 unspecified atom stereocenters. The summed E-state index contributed by atoms with van der Waals surface area (Å²) in [6.07, 6.45) is 0. The molecule has 1 aromatic heterocycles. The van der Waals surface area contributed by atoms with Crippen molar-refractivity contribution in [1.82, 2.24) is 4.98 Å². The number of halogens is 13. The van der Waals surface area contributed by atoms with Crippen LogP contribution in [0.4, 0.5) is 11.6 Å². The molecule has 0 spiro atoms. The topological polar surface area (TPSA) is 79.1 Å². The van der Waals surface area contributed by atoms with Crippen LogP contribution in [0.5, 0.6) is 0 Å². The van der Waals surface area contributed by atoms with Crippen molar-refractivity contribution in [2.24, 2.45) is 0 Å². The Morgan fingerprint density at radius 1 is 0.383 bits per heavy atom. The molecule has 1 heterocycles. The minimum Gasteiger partial charge on any atom is 0 e. The van der Waals surface area contributed by atoms with Gasteiger partial charge in [-0.05, 0) is 12.1 Å². The molecule has 0 atom stereocenters. The molecule has 6 nitrogen and oxygen atoms in total. The quantitative estimate of drug-likeness (QED) is 0.0511. The van der Waals surface area contributed by atoms with E-state index in [1.807, 2.05) is 0 Å². The van der Waals surface area contributed by atoms with Gasteiger partial charge in [0, 0.05) is 52.4 Å². The van der Waals surface area contributed by atoms with Crippen LogP contribution in [-0.4, -0.2) is 36.3 Å². The zero-order valence-corrected chi connectivity index (χ0v) is 44.5. The maximum absolute atomic E-state index is 7.50. The Labute approximate surface area is 436 Å². The van der Waals surface area contributed by atoms with E-state index < -0.39 is 33.3 Å². The molecular formula is C38H33BrCl12MnN3O3P2-. The zero-order chi connectivity index (χ0) is 45.1. The van der Waals surface area contributed by atoms with Gasteiger partial charge in [-0.1, -0.05) is 267 Å². The third-order valence-corrected chi connectivity index (χ3v) is 10.7. The molecule has 0 amide bonds. The molecule has 5 rings (SSSR count). The molecule has 0 aliphatic heterocycles. The number of aromatic nitrogens is 1. The van der Waals surface area contributed by atoms with E-state index in [2.05, 4.69) is 183 Å². The Hall–Kier alpha value is 0.189. The molecule has 1 radical (unpaired) electrons. The number of pyridine rings is 1. The van der Waals surface area contributed by atoms with E-state index in [1.165, 1.54) is 21.2 Å². The molecule has 0 N–H and O–H groups in total. The summed E-state index contributed by atoms with van der Waals surface area (Å²) in [6.45, 7) is 13.5. The van der Waals surface area contributed by atoms with E-state index >= 15 is 0 Å². The van der Waals surface area contributed by atoms with Gasteiger partial charge < -0.3 is 26.3 Å². The monoisotopic (exact) mass is 1190 g/mol. The van der Waals surface area contributed by atoms with Gasteiger partial charge in [0.1, 0.15) is 11.6 Å². The molecule has 0 saturated carbocycles. The van der Waals surface area contributed by atoms with Gasteiger partial charge in [-0.3, -0.25) is 0 Å². The first-order chi connectivity index (χ1) is 27.6. The molecular weight excluding hydrogens is 1170 g/mol. The van der Waals surface area contributed by atoms with Crippen LogP contribution in [0.3, 0.4) is 0 Å². The summed E-state index contributed by atoms with van der Waals surface area (Å²) < 4.78 is 24.2. The number of anilines is 2. The average Bonchev–Trinajstić information content (AvgIpc) is 3.21. The molecule has 327 valence electrons. The van der Waals surface area contributed by atoms with E-state index in [9.17, 15) is 0 Å². The Morgan fingerprint density at radius 2 is 0.550 bits per heavy atom. The Balaban J connectivity index is -0.000000354. The van der Waals surface area contributed by atoms with E-state index in [1.54, 1.807) is 0 Å². The first kappa shape index (κ1) is 69.2. The van der Waals surface area contributed by atoms with Gasteiger partial charge in [-0.2, -0.15) is 0 Å². The number of nitrogens with zero attached hydrogens (tertiary/aromatic N) is 3. The minimum absolute atomic E-state index is 0. The van der Waals surface area contributed by atoms with Crippen molar-refractivity contribution in [3.63, 3.8) is 0 Å². The fourth-order valence-electron chi connectivity index (χ4n) is 4.25. The third-order valence-electron chi connectivity index (χ3n) is 5.99. The summed E-state index contributed by atoms with van der Waals surface area (Å²) in [7, 11) is 2.79. The van der Waals surface area contributed by atoms with Crippen LogP contribution in [-0.2, 0) is 31.0 Å². The summed E-state index contributed by atoms with van der Waals surface area (Å²) in [4.78, 5) is 5.20. The number of alkyl halides is 12. The Kier molecular flexibility index (Phi) is 52.8. The Bertz CT molecular complexity index is 1540. The summed E-state index contributed by atoms with van der Waals surface area (Å²) in [5, 5.41) is 5.21. The molecule has 0 fully saturated rings. The van der Waals surface area contributed by atoms with Gasteiger partial charge in [0.25, 0.3) is 0 Å². The third kappa shape index (κ3) is 34.6. The molecule has 0 bridgehead atoms. The van der Waals surface area contributed by atoms with Crippen molar-refractivity contribution in [2.45, 2.75) is 17.2 Å². The predicted octanol–water partition coefficient (Wildman–Crippen LogP) is 10.9. The largest absolute Gasteiger partial charge is 0 e. The fourth-order valence-corrected chi connectivity index (χ4v) is 8.68. The average molecular weight is 1200 g/mol. The minimum atomic E-state index is -0.765.